The van der Waals surface area contributed by atoms with Gasteiger partial charge in [0.25, 0.3) is 0 Å². The summed E-state index contributed by atoms with van der Waals surface area (Å²) in [6.45, 7) is 0. The number of allylic oxidation sites excluding steroid dienone is 1. The Morgan fingerprint density at radius 1 is 0.850 bits per heavy atom. The summed E-state index contributed by atoms with van der Waals surface area (Å²) in [7, 11) is 0. The van der Waals surface area contributed by atoms with E-state index < -0.39 is 0 Å². The monoisotopic (exact) mass is 414 g/mol. The molecule has 0 heterocycles. The maximum Gasteiger partial charge on any atom is 0.203 e. The van der Waals surface area contributed by atoms with E-state index in [1.165, 1.54) is 0 Å². The summed E-state index contributed by atoms with van der Waals surface area (Å²) in [5, 5.41) is 3.19. The SMILES string of the molecule is Brc1ccc(NC=CC=[NH+]c2ccc(Br)cc2)cc1.[Cl-]. The highest BCUT2D eigenvalue weighted by molar-refractivity contribution is 9.10. The fraction of sp³-hybridized carbons (Fsp3) is 0. The van der Waals surface area contributed by atoms with Crippen LogP contribution in [0.2, 0.25) is 0 Å². The first kappa shape index (κ1) is 17.0. The Kier molecular flexibility index (Phi) is 7.59. The summed E-state index contributed by atoms with van der Waals surface area (Å²) in [4.78, 5) is 3.19. The van der Waals surface area contributed by atoms with Gasteiger partial charge in [0.15, 0.2) is 6.21 Å². The van der Waals surface area contributed by atoms with E-state index in [-0.39, 0.29) is 12.4 Å². The zero-order chi connectivity index (χ0) is 13.5. The number of rotatable bonds is 4. The third-order valence-corrected chi connectivity index (χ3v) is 3.44. The van der Waals surface area contributed by atoms with Crippen molar-refractivity contribution >= 4 is 49.4 Å². The smallest absolute Gasteiger partial charge is 0.203 e. The molecule has 0 aliphatic heterocycles. The Morgan fingerprint density at radius 3 is 2.00 bits per heavy atom. The minimum absolute atomic E-state index is 0. The lowest BCUT2D eigenvalue weighted by molar-refractivity contribution is -0.346. The van der Waals surface area contributed by atoms with Gasteiger partial charge in [0.2, 0.25) is 5.69 Å². The van der Waals surface area contributed by atoms with Crippen LogP contribution in [0.25, 0.3) is 0 Å². The van der Waals surface area contributed by atoms with Gasteiger partial charge in [-0.1, -0.05) is 31.9 Å². The van der Waals surface area contributed by atoms with Crippen LogP contribution in [0.1, 0.15) is 0 Å². The van der Waals surface area contributed by atoms with Crippen molar-refractivity contribution in [1.29, 1.82) is 0 Å². The fourth-order valence-corrected chi connectivity index (χ4v) is 1.96. The third kappa shape index (κ3) is 5.90. The molecule has 0 amide bonds. The van der Waals surface area contributed by atoms with E-state index in [2.05, 4.69) is 42.2 Å². The van der Waals surface area contributed by atoms with Crippen LogP contribution in [0.5, 0.6) is 0 Å². The average molecular weight is 417 g/mol. The maximum atomic E-state index is 3.40. The molecule has 2 rings (SSSR count). The van der Waals surface area contributed by atoms with Gasteiger partial charge < -0.3 is 17.7 Å². The molecule has 0 unspecified atom stereocenters. The van der Waals surface area contributed by atoms with Crippen LogP contribution in [0.15, 0.2) is 69.8 Å². The van der Waals surface area contributed by atoms with Crippen LogP contribution >= 0.6 is 31.9 Å². The van der Waals surface area contributed by atoms with Crippen LogP contribution in [0, 0.1) is 0 Å². The standard InChI is InChI=1S/C15H12Br2N2.ClH/c16-12-2-6-14(7-3-12)18-10-1-11-19-15-8-4-13(17)5-9-15;/h1-11,18H;1H. The summed E-state index contributed by atoms with van der Waals surface area (Å²) >= 11 is 6.81. The van der Waals surface area contributed by atoms with Gasteiger partial charge in [-0.2, -0.15) is 0 Å². The second-order valence-electron chi connectivity index (χ2n) is 3.83. The zero-order valence-corrected chi connectivity index (χ0v) is 14.4. The molecule has 0 aliphatic carbocycles. The summed E-state index contributed by atoms with van der Waals surface area (Å²) in [5.74, 6) is 0. The van der Waals surface area contributed by atoms with Gasteiger partial charge in [0.1, 0.15) is 0 Å². The molecule has 2 aromatic rings. The molecule has 0 saturated carbocycles. The van der Waals surface area contributed by atoms with E-state index in [1.807, 2.05) is 67.0 Å². The highest BCUT2D eigenvalue weighted by Gasteiger charge is 1.92. The largest absolute Gasteiger partial charge is 1.00 e. The Morgan fingerprint density at radius 2 is 1.40 bits per heavy atom. The average Bonchev–Trinajstić information content (AvgIpc) is 2.43. The molecular weight excluding hydrogens is 403 g/mol. The highest BCUT2D eigenvalue weighted by Crippen LogP contribution is 2.13. The van der Waals surface area contributed by atoms with Gasteiger partial charge in [-0.05, 0) is 36.4 Å². The predicted octanol–water partition coefficient (Wildman–Crippen LogP) is 0.624. The molecule has 2 aromatic carbocycles. The summed E-state index contributed by atoms with van der Waals surface area (Å²) in [6, 6.07) is 16.0. The zero-order valence-electron chi connectivity index (χ0n) is 10.5. The number of benzene rings is 2. The third-order valence-electron chi connectivity index (χ3n) is 2.38. The first-order chi connectivity index (χ1) is 9.24. The van der Waals surface area contributed by atoms with E-state index in [1.54, 1.807) is 0 Å². The van der Waals surface area contributed by atoms with Gasteiger partial charge >= 0.3 is 0 Å². The molecule has 0 radical (unpaired) electrons. The van der Waals surface area contributed by atoms with Crippen LogP contribution in [0.4, 0.5) is 11.4 Å². The quantitative estimate of drug-likeness (QED) is 0.703. The van der Waals surface area contributed by atoms with Crippen LogP contribution in [-0.4, -0.2) is 6.21 Å². The van der Waals surface area contributed by atoms with Crippen molar-refractivity contribution < 1.29 is 17.4 Å². The molecule has 0 saturated heterocycles. The number of anilines is 1. The molecule has 2 N–H and O–H groups in total. The lowest BCUT2D eigenvalue weighted by atomic mass is 10.3. The highest BCUT2D eigenvalue weighted by atomic mass is 79.9. The molecule has 0 spiro atoms. The maximum absolute atomic E-state index is 3.40. The van der Waals surface area contributed by atoms with Crippen LogP contribution in [0.3, 0.4) is 0 Å². The molecule has 5 heteroatoms. The molecule has 0 fully saturated rings. The Labute approximate surface area is 141 Å². The Hall–Kier alpha value is -1.10. The number of hydrogen-bond donors (Lipinski definition) is 2. The van der Waals surface area contributed by atoms with E-state index in [9.17, 15) is 0 Å². The number of halogens is 3. The summed E-state index contributed by atoms with van der Waals surface area (Å²) in [6.07, 6.45) is 5.69. The van der Waals surface area contributed by atoms with Crippen molar-refractivity contribution in [2.75, 3.05) is 5.32 Å². The van der Waals surface area contributed by atoms with E-state index in [4.69, 9.17) is 0 Å². The van der Waals surface area contributed by atoms with Gasteiger partial charge in [-0.3, -0.25) is 0 Å². The van der Waals surface area contributed by atoms with Crippen molar-refractivity contribution in [3.05, 3.63) is 69.8 Å². The van der Waals surface area contributed by atoms with Gasteiger partial charge in [0, 0.05) is 39.0 Å². The summed E-state index contributed by atoms with van der Waals surface area (Å²) < 4.78 is 2.15. The number of nitrogens with one attached hydrogen (secondary N) is 2. The first-order valence-electron chi connectivity index (χ1n) is 5.76. The second-order valence-corrected chi connectivity index (χ2v) is 5.66. The van der Waals surface area contributed by atoms with Crippen molar-refractivity contribution in [3.8, 4) is 0 Å². The van der Waals surface area contributed by atoms with Crippen LogP contribution < -0.4 is 22.7 Å². The predicted molar refractivity (Wildman–Crippen MR) is 87.7 cm³/mol. The minimum atomic E-state index is 0. The minimum Gasteiger partial charge on any atom is -1.00 e. The molecule has 20 heavy (non-hydrogen) atoms. The van der Waals surface area contributed by atoms with E-state index in [0.29, 0.717) is 0 Å². The first-order valence-corrected chi connectivity index (χ1v) is 7.35. The lowest BCUT2D eigenvalue weighted by Gasteiger charge is -1.98. The van der Waals surface area contributed by atoms with Crippen molar-refractivity contribution in [2.24, 2.45) is 0 Å². The van der Waals surface area contributed by atoms with Crippen LogP contribution in [-0.2, 0) is 0 Å². The normalized spacial score (nSPS) is 10.7. The summed E-state index contributed by atoms with van der Waals surface area (Å²) in [5.41, 5.74) is 2.10. The molecule has 0 atom stereocenters. The van der Waals surface area contributed by atoms with Crippen molar-refractivity contribution in [3.63, 3.8) is 0 Å². The molecule has 0 aromatic heterocycles. The van der Waals surface area contributed by atoms with E-state index in [0.717, 1.165) is 20.3 Å². The van der Waals surface area contributed by atoms with Crippen molar-refractivity contribution in [2.45, 2.75) is 0 Å². The molecule has 0 bridgehead atoms. The molecule has 104 valence electrons. The van der Waals surface area contributed by atoms with Gasteiger partial charge in [-0.15, -0.1) is 0 Å². The molecular formula is C15H13Br2ClN2. The Balaban J connectivity index is 0.00000200. The number of hydrogen-bond acceptors (Lipinski definition) is 1. The van der Waals surface area contributed by atoms with Crippen molar-refractivity contribution in [1.82, 2.24) is 0 Å². The molecule has 0 aliphatic rings. The Bertz CT molecular complexity index is 578. The second kappa shape index (κ2) is 8.95. The van der Waals surface area contributed by atoms with E-state index >= 15 is 0 Å². The topological polar surface area (TPSA) is 26.0 Å². The van der Waals surface area contributed by atoms with Gasteiger partial charge in [-0.25, -0.2) is 4.99 Å². The van der Waals surface area contributed by atoms with Gasteiger partial charge in [0.05, 0.1) is 0 Å². The molecule has 2 nitrogen and oxygen atoms in total. The lowest BCUT2D eigenvalue weighted by Crippen LogP contribution is -3.00. The fourth-order valence-electron chi connectivity index (χ4n) is 1.43.